The van der Waals surface area contributed by atoms with E-state index in [1.165, 1.54) is 37.7 Å². The van der Waals surface area contributed by atoms with Gasteiger partial charge in [0.15, 0.2) is 5.82 Å². The van der Waals surface area contributed by atoms with Gasteiger partial charge in [-0.05, 0) is 55.9 Å². The van der Waals surface area contributed by atoms with Crippen LogP contribution in [0.2, 0.25) is 0 Å². The zero-order valence-corrected chi connectivity index (χ0v) is 17.8. The molecule has 2 saturated heterocycles. The predicted molar refractivity (Wildman–Crippen MR) is 120 cm³/mol. The van der Waals surface area contributed by atoms with Crippen LogP contribution in [0, 0.1) is 0 Å². The molecule has 2 fully saturated rings. The van der Waals surface area contributed by atoms with Crippen molar-refractivity contribution in [2.24, 2.45) is 7.05 Å². The number of hydrogen-bond donors (Lipinski definition) is 2. The van der Waals surface area contributed by atoms with Crippen LogP contribution in [0.1, 0.15) is 37.7 Å². The highest BCUT2D eigenvalue weighted by molar-refractivity contribution is 5.74. The first-order valence-corrected chi connectivity index (χ1v) is 11.4. The first-order chi connectivity index (χ1) is 15.1. The number of aromatic hydroxyl groups is 1. The van der Waals surface area contributed by atoms with Crippen molar-refractivity contribution in [2.75, 3.05) is 11.4 Å². The number of hydrogen-bond acceptors (Lipinski definition) is 6. The molecule has 5 heterocycles. The zero-order valence-electron chi connectivity index (χ0n) is 17.8. The Kier molecular flexibility index (Phi) is 4.45. The predicted octanol–water partition coefficient (Wildman–Crippen LogP) is 3.29. The lowest BCUT2D eigenvalue weighted by Crippen LogP contribution is -2.54. The third-order valence-corrected chi connectivity index (χ3v) is 7.19. The molecule has 6 rings (SSSR count). The van der Waals surface area contributed by atoms with Crippen LogP contribution < -0.4 is 10.2 Å². The Hall–Kier alpha value is -2.93. The average Bonchev–Trinajstić information content (AvgIpc) is 3.39. The van der Waals surface area contributed by atoms with Crippen molar-refractivity contribution in [3.05, 3.63) is 42.2 Å². The number of piperidine rings is 2. The van der Waals surface area contributed by atoms with E-state index in [0.29, 0.717) is 18.1 Å². The lowest BCUT2D eigenvalue weighted by Gasteiger charge is -2.44. The molecule has 0 aliphatic carbocycles. The number of rotatable bonds is 3. The van der Waals surface area contributed by atoms with Gasteiger partial charge in [0, 0.05) is 54.6 Å². The minimum absolute atomic E-state index is 0.219. The maximum absolute atomic E-state index is 10.7. The molecule has 3 aromatic rings. The van der Waals surface area contributed by atoms with Crippen LogP contribution in [0.4, 0.5) is 5.82 Å². The van der Waals surface area contributed by atoms with Gasteiger partial charge in [0.2, 0.25) is 0 Å². The van der Waals surface area contributed by atoms with Gasteiger partial charge in [0.1, 0.15) is 5.75 Å². The van der Waals surface area contributed by atoms with Crippen molar-refractivity contribution in [1.29, 1.82) is 0 Å². The van der Waals surface area contributed by atoms with Crippen molar-refractivity contribution in [2.45, 2.75) is 56.7 Å². The largest absolute Gasteiger partial charge is 0.507 e. The molecule has 3 aliphatic heterocycles. The molecule has 31 heavy (non-hydrogen) atoms. The van der Waals surface area contributed by atoms with Crippen LogP contribution in [0.15, 0.2) is 36.7 Å². The second-order valence-electron chi connectivity index (χ2n) is 9.27. The number of aryl methyl sites for hydroxylation is 1. The topological polar surface area (TPSA) is 79.1 Å². The van der Waals surface area contributed by atoms with E-state index < -0.39 is 0 Å². The van der Waals surface area contributed by atoms with Crippen LogP contribution >= 0.6 is 0 Å². The van der Waals surface area contributed by atoms with Gasteiger partial charge < -0.3 is 15.3 Å². The molecule has 3 aliphatic rings. The summed E-state index contributed by atoms with van der Waals surface area (Å²) in [6.45, 7) is 1.02. The second kappa shape index (κ2) is 7.34. The van der Waals surface area contributed by atoms with Crippen molar-refractivity contribution in [3.63, 3.8) is 0 Å². The van der Waals surface area contributed by atoms with Gasteiger partial charge in [-0.2, -0.15) is 5.10 Å². The Morgan fingerprint density at radius 1 is 1.06 bits per heavy atom. The highest BCUT2D eigenvalue weighted by Crippen LogP contribution is 2.37. The zero-order chi connectivity index (χ0) is 20.9. The van der Waals surface area contributed by atoms with E-state index in [9.17, 15) is 5.11 Å². The average molecular weight is 417 g/mol. The highest BCUT2D eigenvalue weighted by atomic mass is 16.3. The van der Waals surface area contributed by atoms with E-state index in [2.05, 4.69) is 31.6 Å². The summed E-state index contributed by atoms with van der Waals surface area (Å²) in [6, 6.07) is 9.69. The fourth-order valence-corrected chi connectivity index (χ4v) is 5.67. The highest BCUT2D eigenvalue weighted by Gasteiger charge is 2.37. The third kappa shape index (κ3) is 3.37. The molecule has 1 aromatic carbocycles. The van der Waals surface area contributed by atoms with E-state index in [-0.39, 0.29) is 5.75 Å². The first kappa shape index (κ1) is 18.8. The molecule has 2 aromatic heterocycles. The normalized spacial score (nSPS) is 24.9. The quantitative estimate of drug-likeness (QED) is 0.682. The van der Waals surface area contributed by atoms with Crippen LogP contribution in [0.3, 0.4) is 0 Å². The van der Waals surface area contributed by atoms with Crippen molar-refractivity contribution < 1.29 is 5.11 Å². The minimum atomic E-state index is 0.219. The van der Waals surface area contributed by atoms with Gasteiger partial charge in [-0.3, -0.25) is 4.68 Å². The number of benzene rings is 1. The molecular weight excluding hydrogens is 388 g/mol. The van der Waals surface area contributed by atoms with E-state index in [1.54, 1.807) is 16.9 Å². The molecule has 0 amide bonds. The summed E-state index contributed by atoms with van der Waals surface area (Å²) < 4.78 is 1.76. The van der Waals surface area contributed by atoms with Gasteiger partial charge in [-0.25, -0.2) is 0 Å². The Balaban J connectivity index is 1.26. The lowest BCUT2D eigenvalue weighted by molar-refractivity contribution is 0.217. The van der Waals surface area contributed by atoms with Gasteiger partial charge >= 0.3 is 0 Å². The standard InChI is InChI=1S/C24H28N6O/c1-29-14-17(13-25-29)15-5-6-21(23(31)10-15)22-9-16-7-8-30(24(16)28-27-22)20-11-18-3-2-4-19(12-20)26-18/h5-6,9-10,13-14,18-20,26,31H,2-4,7-8,11-12H2,1H3/t18-,19?,20-/m0/s1. The summed E-state index contributed by atoms with van der Waals surface area (Å²) in [5.41, 5.74) is 4.61. The van der Waals surface area contributed by atoms with Gasteiger partial charge in [0.25, 0.3) is 0 Å². The van der Waals surface area contributed by atoms with Gasteiger partial charge in [-0.1, -0.05) is 12.5 Å². The summed E-state index contributed by atoms with van der Waals surface area (Å²) in [5.74, 6) is 1.26. The van der Waals surface area contributed by atoms with E-state index >= 15 is 0 Å². The van der Waals surface area contributed by atoms with Crippen LogP contribution in [-0.2, 0) is 13.5 Å². The molecule has 0 radical (unpaired) electrons. The fourth-order valence-electron chi connectivity index (χ4n) is 5.67. The third-order valence-electron chi connectivity index (χ3n) is 7.19. The Bertz CT molecular complexity index is 1110. The van der Waals surface area contributed by atoms with E-state index in [1.807, 2.05) is 25.4 Å². The summed E-state index contributed by atoms with van der Waals surface area (Å²) in [5, 5.41) is 27.9. The first-order valence-electron chi connectivity index (χ1n) is 11.4. The number of phenolic OH excluding ortho intramolecular Hbond substituents is 1. The van der Waals surface area contributed by atoms with Crippen molar-refractivity contribution >= 4 is 5.82 Å². The summed E-state index contributed by atoms with van der Waals surface area (Å²) in [4.78, 5) is 2.49. The van der Waals surface area contributed by atoms with Gasteiger partial charge in [0.05, 0.1) is 11.9 Å². The Morgan fingerprint density at radius 2 is 1.90 bits per heavy atom. The van der Waals surface area contributed by atoms with Crippen LogP contribution in [0.25, 0.3) is 22.4 Å². The Labute approximate surface area is 182 Å². The van der Waals surface area contributed by atoms with Gasteiger partial charge in [-0.15, -0.1) is 10.2 Å². The number of nitrogens with one attached hydrogen (secondary N) is 1. The fraction of sp³-hybridized carbons (Fsp3) is 0.458. The molecule has 2 N–H and O–H groups in total. The summed E-state index contributed by atoms with van der Waals surface area (Å²) in [7, 11) is 1.89. The Morgan fingerprint density at radius 3 is 2.65 bits per heavy atom. The molecule has 7 heteroatoms. The lowest BCUT2D eigenvalue weighted by atomic mass is 9.83. The SMILES string of the molecule is Cn1cc(-c2ccc(-c3cc4c(nn3)N([C@@H]3CC5CCC[C@@H](C3)N5)CC4)c(O)c2)cn1. The second-order valence-corrected chi connectivity index (χ2v) is 9.27. The smallest absolute Gasteiger partial charge is 0.154 e. The minimum Gasteiger partial charge on any atom is -0.507 e. The number of anilines is 1. The monoisotopic (exact) mass is 416 g/mol. The van der Waals surface area contributed by atoms with Crippen molar-refractivity contribution in [1.82, 2.24) is 25.3 Å². The molecule has 2 bridgehead atoms. The number of aromatic nitrogens is 4. The summed E-state index contributed by atoms with van der Waals surface area (Å²) in [6.07, 6.45) is 11.1. The number of phenols is 1. The van der Waals surface area contributed by atoms with E-state index in [4.69, 9.17) is 0 Å². The molecule has 160 valence electrons. The van der Waals surface area contributed by atoms with Crippen molar-refractivity contribution in [3.8, 4) is 28.1 Å². The molecular formula is C24H28N6O. The molecule has 0 saturated carbocycles. The molecule has 7 nitrogen and oxygen atoms in total. The summed E-state index contributed by atoms with van der Waals surface area (Å²) >= 11 is 0. The van der Waals surface area contributed by atoms with Crippen LogP contribution in [0.5, 0.6) is 5.75 Å². The maximum Gasteiger partial charge on any atom is 0.154 e. The number of nitrogens with zero attached hydrogens (tertiary/aromatic N) is 5. The molecule has 3 atom stereocenters. The molecule has 1 unspecified atom stereocenters. The van der Waals surface area contributed by atoms with Crippen LogP contribution in [-0.4, -0.2) is 49.8 Å². The molecule has 0 spiro atoms. The van der Waals surface area contributed by atoms with E-state index in [0.717, 1.165) is 41.2 Å². The number of fused-ring (bicyclic) bond motifs is 3. The maximum atomic E-state index is 10.7.